The van der Waals surface area contributed by atoms with Gasteiger partial charge in [0.25, 0.3) is 0 Å². The lowest BCUT2D eigenvalue weighted by Gasteiger charge is -2.38. The molecule has 150 valence electrons. The van der Waals surface area contributed by atoms with Gasteiger partial charge in [-0.2, -0.15) is 0 Å². The summed E-state index contributed by atoms with van der Waals surface area (Å²) in [6, 6.07) is 9.31. The van der Waals surface area contributed by atoms with E-state index in [1.807, 2.05) is 18.2 Å². The lowest BCUT2D eigenvalue weighted by atomic mass is 9.74. The predicted octanol–water partition coefficient (Wildman–Crippen LogP) is 3.85. The molecule has 3 fully saturated rings. The number of rotatable bonds is 5. The van der Waals surface area contributed by atoms with Crippen molar-refractivity contribution in [2.75, 3.05) is 19.8 Å². The van der Waals surface area contributed by atoms with Gasteiger partial charge in [0.1, 0.15) is 0 Å². The van der Waals surface area contributed by atoms with E-state index < -0.39 is 0 Å². The summed E-state index contributed by atoms with van der Waals surface area (Å²) in [5, 5.41) is 7.68. The van der Waals surface area contributed by atoms with Crippen molar-refractivity contribution in [1.82, 2.24) is 10.6 Å². The fraction of sp³-hybridized carbons (Fsp3) is 0.667. The van der Waals surface area contributed by atoms with Crippen molar-refractivity contribution in [3.05, 3.63) is 34.9 Å². The zero-order valence-corrected chi connectivity index (χ0v) is 17.3. The van der Waals surface area contributed by atoms with Gasteiger partial charge in [0.2, 0.25) is 5.91 Å². The van der Waals surface area contributed by atoms with Crippen LogP contribution in [0.4, 0.5) is 0 Å². The molecule has 2 atom stereocenters. The number of amides is 1. The van der Waals surface area contributed by atoms with E-state index in [-0.39, 0.29) is 23.7 Å². The van der Waals surface area contributed by atoms with Gasteiger partial charge in [-0.3, -0.25) is 4.79 Å². The quantitative estimate of drug-likeness (QED) is 0.771. The highest BCUT2D eigenvalue weighted by atomic mass is 35.5. The van der Waals surface area contributed by atoms with E-state index in [0.29, 0.717) is 31.0 Å². The summed E-state index contributed by atoms with van der Waals surface area (Å²) in [6.45, 7) is 2.09. The molecule has 3 aliphatic rings. The van der Waals surface area contributed by atoms with Crippen LogP contribution in [-0.4, -0.2) is 37.7 Å². The molecule has 27 heavy (non-hydrogen) atoms. The summed E-state index contributed by atoms with van der Waals surface area (Å²) in [4.78, 5) is 12.7. The van der Waals surface area contributed by atoms with Crippen molar-refractivity contribution in [3.63, 3.8) is 0 Å². The van der Waals surface area contributed by atoms with E-state index >= 15 is 0 Å². The fourth-order valence-corrected chi connectivity index (χ4v) is 5.47. The third-order valence-corrected chi connectivity index (χ3v) is 6.89. The van der Waals surface area contributed by atoms with Gasteiger partial charge < -0.3 is 15.4 Å². The van der Waals surface area contributed by atoms with Crippen LogP contribution >= 0.6 is 24.0 Å². The monoisotopic (exact) mass is 412 g/mol. The summed E-state index contributed by atoms with van der Waals surface area (Å²) >= 11 is 6.50. The molecule has 0 aromatic heterocycles. The minimum Gasteiger partial charge on any atom is -0.381 e. The van der Waals surface area contributed by atoms with E-state index in [1.165, 1.54) is 12.8 Å². The molecule has 3 aliphatic heterocycles. The number of nitrogens with one attached hydrogen (secondary N) is 2. The Hall–Kier alpha value is -0.810. The Morgan fingerprint density at radius 2 is 1.85 bits per heavy atom. The summed E-state index contributed by atoms with van der Waals surface area (Å²) in [5.74, 6) is 0.717. The van der Waals surface area contributed by atoms with Crippen molar-refractivity contribution in [2.24, 2.45) is 5.92 Å². The first-order valence-electron chi connectivity index (χ1n) is 10.0. The van der Waals surface area contributed by atoms with Gasteiger partial charge in [-0.1, -0.05) is 29.8 Å². The highest BCUT2D eigenvalue weighted by Gasteiger charge is 2.37. The number of fused-ring (bicyclic) bond motifs is 2. The number of hydrogen-bond donors (Lipinski definition) is 2. The molecule has 6 heteroatoms. The van der Waals surface area contributed by atoms with Crippen LogP contribution in [0.25, 0.3) is 0 Å². The van der Waals surface area contributed by atoms with Crippen LogP contribution in [0.3, 0.4) is 0 Å². The Balaban J connectivity index is 0.00000210. The Labute approximate surface area is 173 Å². The van der Waals surface area contributed by atoms with E-state index in [1.54, 1.807) is 0 Å². The van der Waals surface area contributed by atoms with Crippen molar-refractivity contribution in [2.45, 2.75) is 62.4 Å². The van der Waals surface area contributed by atoms with Crippen LogP contribution in [0.1, 0.15) is 50.5 Å². The number of piperidine rings is 1. The van der Waals surface area contributed by atoms with E-state index in [4.69, 9.17) is 16.3 Å². The molecule has 4 nitrogen and oxygen atoms in total. The van der Waals surface area contributed by atoms with Crippen LogP contribution in [0.5, 0.6) is 0 Å². The maximum absolute atomic E-state index is 12.7. The Morgan fingerprint density at radius 3 is 2.52 bits per heavy atom. The Morgan fingerprint density at radius 1 is 1.19 bits per heavy atom. The molecule has 0 aliphatic carbocycles. The van der Waals surface area contributed by atoms with Crippen LogP contribution in [0.2, 0.25) is 5.02 Å². The predicted molar refractivity (Wildman–Crippen MR) is 111 cm³/mol. The molecule has 0 radical (unpaired) electrons. The number of benzene rings is 1. The van der Waals surface area contributed by atoms with Crippen molar-refractivity contribution in [1.29, 1.82) is 0 Å². The molecular formula is C21H30Cl2N2O2. The zero-order valence-electron chi connectivity index (χ0n) is 15.7. The molecule has 2 unspecified atom stereocenters. The van der Waals surface area contributed by atoms with Crippen LogP contribution in [-0.2, 0) is 14.9 Å². The van der Waals surface area contributed by atoms with Crippen molar-refractivity contribution < 1.29 is 9.53 Å². The number of hydrogen-bond acceptors (Lipinski definition) is 3. The maximum Gasteiger partial charge on any atom is 0.220 e. The van der Waals surface area contributed by atoms with Crippen LogP contribution in [0.15, 0.2) is 24.3 Å². The fourth-order valence-electron chi connectivity index (χ4n) is 5.14. The normalized spacial score (nSPS) is 29.0. The second-order valence-corrected chi connectivity index (χ2v) is 8.74. The molecule has 3 heterocycles. The molecule has 2 N–H and O–H groups in total. The smallest absolute Gasteiger partial charge is 0.220 e. The standard InChI is InChI=1S/C21H29ClN2O2.ClH/c22-19-4-2-1-3-18(19)21(7-9-26-10-8-21)14-23-20(25)13-15-11-16-5-6-17(12-15)24-16;/h1-4,15-17,24H,5-14H2,(H,23,25);1H. The van der Waals surface area contributed by atoms with E-state index in [9.17, 15) is 4.79 Å². The SMILES string of the molecule is Cl.O=C(CC1CC2CCC(C1)N2)NCC1(c2ccccc2Cl)CCOCC1. The number of ether oxygens (including phenoxy) is 1. The molecular weight excluding hydrogens is 383 g/mol. The first-order chi connectivity index (χ1) is 12.6. The van der Waals surface area contributed by atoms with Gasteiger partial charge in [0.15, 0.2) is 0 Å². The highest BCUT2D eigenvalue weighted by molar-refractivity contribution is 6.31. The minimum absolute atomic E-state index is 0. The lowest BCUT2D eigenvalue weighted by molar-refractivity contribution is -0.122. The molecule has 1 aromatic carbocycles. The third-order valence-electron chi connectivity index (χ3n) is 6.56. The molecule has 0 saturated carbocycles. The van der Waals surface area contributed by atoms with Crippen molar-refractivity contribution in [3.8, 4) is 0 Å². The number of halogens is 2. The minimum atomic E-state index is -0.112. The summed E-state index contributed by atoms with van der Waals surface area (Å²) in [5.41, 5.74) is 1.03. The first-order valence-corrected chi connectivity index (χ1v) is 10.4. The maximum atomic E-state index is 12.7. The average Bonchev–Trinajstić information content (AvgIpc) is 2.99. The van der Waals surface area contributed by atoms with Gasteiger partial charge in [-0.05, 0) is 56.1 Å². The van der Waals surface area contributed by atoms with Gasteiger partial charge in [-0.25, -0.2) is 0 Å². The van der Waals surface area contributed by atoms with Gasteiger partial charge in [-0.15, -0.1) is 12.4 Å². The first kappa shape index (κ1) is 20.9. The number of carbonyl (C=O) groups is 1. The molecule has 1 amide bonds. The third kappa shape index (κ3) is 4.79. The molecule has 4 rings (SSSR count). The second kappa shape index (κ2) is 9.13. The summed E-state index contributed by atoms with van der Waals surface area (Å²) in [6.07, 6.45) is 7.30. The average molecular weight is 413 g/mol. The summed E-state index contributed by atoms with van der Waals surface area (Å²) in [7, 11) is 0. The van der Waals surface area contributed by atoms with E-state index in [0.717, 1.165) is 49.5 Å². The van der Waals surface area contributed by atoms with Crippen molar-refractivity contribution >= 4 is 29.9 Å². The topological polar surface area (TPSA) is 50.4 Å². The van der Waals surface area contributed by atoms with E-state index in [2.05, 4.69) is 16.7 Å². The number of carbonyl (C=O) groups excluding carboxylic acids is 1. The van der Waals surface area contributed by atoms with Crippen LogP contribution < -0.4 is 10.6 Å². The van der Waals surface area contributed by atoms with Gasteiger partial charge >= 0.3 is 0 Å². The Kier molecular flexibility index (Phi) is 7.07. The largest absolute Gasteiger partial charge is 0.381 e. The molecule has 1 aromatic rings. The summed E-state index contributed by atoms with van der Waals surface area (Å²) < 4.78 is 5.58. The lowest BCUT2D eigenvalue weighted by Crippen LogP contribution is -2.45. The Bertz CT molecular complexity index is 637. The van der Waals surface area contributed by atoms with Gasteiger partial charge in [0.05, 0.1) is 0 Å². The highest BCUT2D eigenvalue weighted by Crippen LogP contribution is 2.38. The zero-order chi connectivity index (χ0) is 18.0. The van der Waals surface area contributed by atoms with Crippen LogP contribution in [0, 0.1) is 5.92 Å². The van der Waals surface area contributed by atoms with Gasteiger partial charge in [0, 0.05) is 48.7 Å². The molecule has 3 saturated heterocycles. The molecule has 2 bridgehead atoms. The second-order valence-electron chi connectivity index (χ2n) is 8.33. The molecule has 0 spiro atoms.